The van der Waals surface area contributed by atoms with Gasteiger partial charge in [0.1, 0.15) is 18.2 Å². The van der Waals surface area contributed by atoms with Gasteiger partial charge in [-0.15, -0.1) is 0 Å². The lowest BCUT2D eigenvalue weighted by atomic mass is 10.1. The van der Waals surface area contributed by atoms with E-state index in [9.17, 15) is 9.90 Å². The van der Waals surface area contributed by atoms with Gasteiger partial charge in [0, 0.05) is 12.6 Å². The summed E-state index contributed by atoms with van der Waals surface area (Å²) in [4.78, 5) is 15.6. The molecule has 4 rings (SSSR count). The predicted octanol–water partition coefficient (Wildman–Crippen LogP) is 2.85. The third-order valence-electron chi connectivity index (χ3n) is 4.44. The Balaban J connectivity index is 1.67. The highest BCUT2D eigenvalue weighted by atomic mass is 16.5. The molecule has 1 fully saturated rings. The second kappa shape index (κ2) is 6.57. The van der Waals surface area contributed by atoms with Crippen molar-refractivity contribution in [2.75, 3.05) is 13.1 Å². The summed E-state index contributed by atoms with van der Waals surface area (Å²) in [7, 11) is 0. The van der Waals surface area contributed by atoms with Crippen LogP contribution in [0, 0.1) is 0 Å². The molecule has 0 radical (unpaired) electrons. The van der Waals surface area contributed by atoms with Crippen LogP contribution >= 0.6 is 0 Å². The lowest BCUT2D eigenvalue weighted by Gasteiger charge is -2.24. The van der Waals surface area contributed by atoms with Crippen molar-refractivity contribution in [2.24, 2.45) is 0 Å². The van der Waals surface area contributed by atoms with Crippen LogP contribution in [0.4, 0.5) is 0 Å². The molecule has 0 aliphatic carbocycles. The fraction of sp³-hybridized carbons (Fsp3) is 0.263. The van der Waals surface area contributed by atoms with Crippen LogP contribution in [-0.2, 0) is 0 Å². The summed E-state index contributed by atoms with van der Waals surface area (Å²) in [6, 6.07) is 12.7. The zero-order valence-corrected chi connectivity index (χ0v) is 13.7. The summed E-state index contributed by atoms with van der Waals surface area (Å²) in [5.41, 5.74) is 2.66. The number of imidazole rings is 1. The van der Waals surface area contributed by atoms with Gasteiger partial charge in [-0.3, -0.25) is 4.57 Å². The number of rotatable bonds is 4. The van der Waals surface area contributed by atoms with Crippen LogP contribution < -0.4 is 10.1 Å². The SMILES string of the molecule is O=C(O)c1ccc2ncn(-c3cccc(O[C@@H]4CCCNC4)c3)c2c1. The molecule has 0 saturated carbocycles. The fourth-order valence-electron chi connectivity index (χ4n) is 3.17. The van der Waals surface area contributed by atoms with Gasteiger partial charge in [-0.25, -0.2) is 9.78 Å². The monoisotopic (exact) mass is 337 g/mol. The molecule has 0 unspecified atom stereocenters. The molecule has 1 saturated heterocycles. The Bertz CT molecular complexity index is 913. The first-order chi connectivity index (χ1) is 12.2. The molecule has 0 amide bonds. The van der Waals surface area contributed by atoms with Gasteiger partial charge < -0.3 is 15.2 Å². The maximum atomic E-state index is 11.2. The highest BCUT2D eigenvalue weighted by Gasteiger charge is 2.15. The van der Waals surface area contributed by atoms with Crippen molar-refractivity contribution in [2.45, 2.75) is 18.9 Å². The molecule has 1 aliphatic heterocycles. The molecule has 3 aromatic rings. The summed E-state index contributed by atoms with van der Waals surface area (Å²) >= 11 is 0. The standard InChI is InChI=1S/C19H19N3O3/c23-19(24)13-6-7-17-18(9-13)22(12-21-17)14-3-1-4-15(10-14)25-16-5-2-8-20-11-16/h1,3-4,6-7,9-10,12,16,20H,2,5,8,11H2,(H,23,24)/t16-/m1/s1. The van der Waals surface area contributed by atoms with Crippen molar-refractivity contribution in [1.29, 1.82) is 0 Å². The van der Waals surface area contributed by atoms with E-state index in [2.05, 4.69) is 10.3 Å². The number of aromatic carboxylic acids is 1. The number of ether oxygens (including phenoxy) is 1. The molecule has 0 bridgehead atoms. The van der Waals surface area contributed by atoms with E-state index in [-0.39, 0.29) is 11.7 Å². The molecule has 2 heterocycles. The molecule has 6 nitrogen and oxygen atoms in total. The van der Waals surface area contributed by atoms with E-state index in [1.807, 2.05) is 28.8 Å². The van der Waals surface area contributed by atoms with Gasteiger partial charge in [0.25, 0.3) is 0 Å². The van der Waals surface area contributed by atoms with Crippen LogP contribution in [0.5, 0.6) is 5.75 Å². The smallest absolute Gasteiger partial charge is 0.335 e. The van der Waals surface area contributed by atoms with E-state index < -0.39 is 5.97 Å². The average Bonchev–Trinajstić information content (AvgIpc) is 3.06. The lowest BCUT2D eigenvalue weighted by molar-refractivity contribution is 0.0697. The summed E-state index contributed by atoms with van der Waals surface area (Å²) in [5, 5.41) is 12.6. The Morgan fingerprint density at radius 2 is 2.20 bits per heavy atom. The molecule has 6 heteroatoms. The fourth-order valence-corrected chi connectivity index (χ4v) is 3.17. The lowest BCUT2D eigenvalue weighted by Crippen LogP contribution is -2.37. The topological polar surface area (TPSA) is 76.4 Å². The first kappa shape index (κ1) is 15.7. The number of carbonyl (C=O) groups is 1. The zero-order valence-electron chi connectivity index (χ0n) is 13.7. The zero-order chi connectivity index (χ0) is 17.2. The average molecular weight is 337 g/mol. The molecular weight excluding hydrogens is 318 g/mol. The molecule has 0 spiro atoms. The van der Waals surface area contributed by atoms with Crippen molar-refractivity contribution in [3.05, 3.63) is 54.4 Å². The second-order valence-corrected chi connectivity index (χ2v) is 6.21. The first-order valence-corrected chi connectivity index (χ1v) is 8.39. The van der Waals surface area contributed by atoms with E-state index in [0.717, 1.165) is 48.4 Å². The normalized spacial score (nSPS) is 17.5. The third-order valence-corrected chi connectivity index (χ3v) is 4.44. The molecule has 1 aliphatic rings. The Labute approximate surface area is 145 Å². The minimum absolute atomic E-state index is 0.183. The summed E-state index contributed by atoms with van der Waals surface area (Å²) in [6.45, 7) is 1.91. The van der Waals surface area contributed by atoms with Gasteiger partial charge in [0.2, 0.25) is 0 Å². The number of piperidine rings is 1. The van der Waals surface area contributed by atoms with Crippen LogP contribution in [0.1, 0.15) is 23.2 Å². The van der Waals surface area contributed by atoms with Gasteiger partial charge >= 0.3 is 5.97 Å². The first-order valence-electron chi connectivity index (χ1n) is 8.39. The van der Waals surface area contributed by atoms with E-state index in [1.165, 1.54) is 0 Å². The Morgan fingerprint density at radius 1 is 1.28 bits per heavy atom. The number of hydrogen-bond donors (Lipinski definition) is 2. The quantitative estimate of drug-likeness (QED) is 0.765. The van der Waals surface area contributed by atoms with E-state index in [1.54, 1.807) is 24.5 Å². The number of nitrogens with zero attached hydrogens (tertiary/aromatic N) is 2. The number of fused-ring (bicyclic) bond motifs is 1. The van der Waals surface area contributed by atoms with Gasteiger partial charge in [0.15, 0.2) is 0 Å². The Morgan fingerprint density at radius 3 is 3.00 bits per heavy atom. The summed E-state index contributed by atoms with van der Waals surface area (Å²) < 4.78 is 7.96. The molecule has 2 N–H and O–H groups in total. The van der Waals surface area contributed by atoms with Crippen molar-refractivity contribution >= 4 is 17.0 Å². The molecular formula is C19H19N3O3. The van der Waals surface area contributed by atoms with Crippen molar-refractivity contribution in [1.82, 2.24) is 14.9 Å². The highest BCUT2D eigenvalue weighted by molar-refractivity contribution is 5.92. The molecule has 128 valence electrons. The third kappa shape index (κ3) is 3.21. The second-order valence-electron chi connectivity index (χ2n) is 6.21. The largest absolute Gasteiger partial charge is 0.489 e. The number of aromatic nitrogens is 2. The van der Waals surface area contributed by atoms with Crippen LogP contribution in [0.15, 0.2) is 48.8 Å². The van der Waals surface area contributed by atoms with Gasteiger partial charge in [0.05, 0.1) is 22.3 Å². The minimum Gasteiger partial charge on any atom is -0.489 e. The van der Waals surface area contributed by atoms with E-state index >= 15 is 0 Å². The number of benzene rings is 2. The predicted molar refractivity (Wildman–Crippen MR) is 94.5 cm³/mol. The van der Waals surface area contributed by atoms with Gasteiger partial charge in [-0.05, 0) is 49.7 Å². The summed E-state index contributed by atoms with van der Waals surface area (Å²) in [6.07, 6.45) is 4.06. The number of nitrogens with one attached hydrogen (secondary N) is 1. The molecule has 1 aromatic heterocycles. The number of carboxylic acid groups (broad SMARTS) is 1. The van der Waals surface area contributed by atoms with Crippen LogP contribution in [0.3, 0.4) is 0 Å². The number of carboxylic acids is 1. The maximum Gasteiger partial charge on any atom is 0.335 e. The highest BCUT2D eigenvalue weighted by Crippen LogP contribution is 2.24. The molecule has 25 heavy (non-hydrogen) atoms. The minimum atomic E-state index is -0.948. The van der Waals surface area contributed by atoms with Gasteiger partial charge in [-0.2, -0.15) is 0 Å². The van der Waals surface area contributed by atoms with Crippen LogP contribution in [0.2, 0.25) is 0 Å². The van der Waals surface area contributed by atoms with E-state index in [4.69, 9.17) is 4.74 Å². The Hall–Kier alpha value is -2.86. The Kier molecular flexibility index (Phi) is 4.11. The molecule has 1 atom stereocenters. The van der Waals surface area contributed by atoms with Crippen molar-refractivity contribution in [3.63, 3.8) is 0 Å². The van der Waals surface area contributed by atoms with Crippen molar-refractivity contribution in [3.8, 4) is 11.4 Å². The molecule has 2 aromatic carbocycles. The number of hydrogen-bond acceptors (Lipinski definition) is 4. The van der Waals surface area contributed by atoms with Gasteiger partial charge in [-0.1, -0.05) is 6.07 Å². The van der Waals surface area contributed by atoms with Crippen LogP contribution in [0.25, 0.3) is 16.7 Å². The van der Waals surface area contributed by atoms with Crippen LogP contribution in [-0.4, -0.2) is 39.8 Å². The van der Waals surface area contributed by atoms with E-state index in [0.29, 0.717) is 0 Å². The van der Waals surface area contributed by atoms with Crippen molar-refractivity contribution < 1.29 is 14.6 Å². The maximum absolute atomic E-state index is 11.2. The summed E-state index contributed by atoms with van der Waals surface area (Å²) in [5.74, 6) is -0.140.